The van der Waals surface area contributed by atoms with E-state index in [9.17, 15) is 4.39 Å². The van der Waals surface area contributed by atoms with E-state index in [1.54, 1.807) is 17.4 Å². The molecule has 0 atom stereocenters. The quantitative estimate of drug-likeness (QED) is 0.521. The van der Waals surface area contributed by atoms with Gasteiger partial charge < -0.3 is 4.74 Å². The van der Waals surface area contributed by atoms with E-state index < -0.39 is 5.82 Å². The molecule has 108 valence electrons. The number of halogens is 3. The fraction of sp³-hybridized carbons (Fsp3) is 0.357. The van der Waals surface area contributed by atoms with Crippen LogP contribution in [0, 0.1) is 5.82 Å². The summed E-state index contributed by atoms with van der Waals surface area (Å²) in [6, 6.07) is 4.38. The lowest BCUT2D eigenvalue weighted by atomic mass is 10.2. The first-order chi connectivity index (χ1) is 9.69. The molecule has 0 saturated carbocycles. The van der Waals surface area contributed by atoms with E-state index in [1.165, 1.54) is 12.1 Å². The first kappa shape index (κ1) is 15.5. The number of thiazole rings is 1. The Morgan fingerprint density at radius 1 is 1.30 bits per heavy atom. The summed E-state index contributed by atoms with van der Waals surface area (Å²) < 4.78 is 18.5. The van der Waals surface area contributed by atoms with Gasteiger partial charge in [0.2, 0.25) is 0 Å². The average molecular weight is 334 g/mol. The van der Waals surface area contributed by atoms with Gasteiger partial charge in [0.1, 0.15) is 11.6 Å². The fourth-order valence-corrected chi connectivity index (χ4v) is 2.90. The standard InChI is InChI=1S/C14H14Cl2FNOS/c15-8-10-9-20-14(18-10)3-1-2-6-19-11-4-5-13(17)12(16)7-11/h4-5,7,9H,1-3,6,8H2. The minimum absolute atomic E-state index is 0.0823. The summed E-state index contributed by atoms with van der Waals surface area (Å²) in [5, 5.41) is 3.17. The van der Waals surface area contributed by atoms with Gasteiger partial charge in [-0.3, -0.25) is 0 Å². The van der Waals surface area contributed by atoms with Gasteiger partial charge in [0, 0.05) is 11.4 Å². The molecule has 0 radical (unpaired) electrons. The number of benzene rings is 1. The Hall–Kier alpha value is -0.840. The SMILES string of the molecule is Fc1ccc(OCCCCc2nc(CCl)cs2)cc1Cl. The van der Waals surface area contributed by atoms with Gasteiger partial charge in [-0.2, -0.15) is 0 Å². The van der Waals surface area contributed by atoms with Crippen LogP contribution in [0.4, 0.5) is 4.39 Å². The molecule has 1 aromatic carbocycles. The molecule has 0 aliphatic rings. The molecular weight excluding hydrogens is 320 g/mol. The maximum absolute atomic E-state index is 13.0. The molecule has 20 heavy (non-hydrogen) atoms. The van der Waals surface area contributed by atoms with Crippen LogP contribution in [0.1, 0.15) is 23.5 Å². The summed E-state index contributed by atoms with van der Waals surface area (Å²) in [5.74, 6) is 0.623. The second kappa shape index (κ2) is 7.81. The van der Waals surface area contributed by atoms with Gasteiger partial charge >= 0.3 is 0 Å². The maximum Gasteiger partial charge on any atom is 0.142 e. The third kappa shape index (κ3) is 4.62. The van der Waals surface area contributed by atoms with Crippen LogP contribution < -0.4 is 4.74 Å². The number of alkyl halides is 1. The van der Waals surface area contributed by atoms with Crippen molar-refractivity contribution in [3.05, 3.63) is 45.1 Å². The molecule has 2 rings (SSSR count). The van der Waals surface area contributed by atoms with Crippen molar-refractivity contribution in [3.63, 3.8) is 0 Å². The summed E-state index contributed by atoms with van der Waals surface area (Å²) >= 11 is 13.0. The molecule has 0 unspecified atom stereocenters. The van der Waals surface area contributed by atoms with E-state index in [2.05, 4.69) is 4.98 Å². The lowest BCUT2D eigenvalue weighted by Gasteiger charge is -2.06. The Labute approximate surface area is 131 Å². The molecule has 0 N–H and O–H groups in total. The largest absolute Gasteiger partial charge is 0.494 e. The fourth-order valence-electron chi connectivity index (χ4n) is 1.66. The second-order valence-electron chi connectivity index (χ2n) is 4.25. The number of rotatable bonds is 7. The van der Waals surface area contributed by atoms with Crippen LogP contribution >= 0.6 is 34.5 Å². The molecule has 1 aromatic heterocycles. The van der Waals surface area contributed by atoms with Crippen LogP contribution in [0.5, 0.6) is 5.75 Å². The van der Waals surface area contributed by atoms with Crippen LogP contribution in [0.3, 0.4) is 0 Å². The van der Waals surface area contributed by atoms with Crippen molar-refractivity contribution in [2.75, 3.05) is 6.61 Å². The summed E-state index contributed by atoms with van der Waals surface area (Å²) in [6.45, 7) is 0.579. The molecular formula is C14H14Cl2FNOS. The molecule has 0 bridgehead atoms. The molecule has 0 amide bonds. The number of nitrogens with zero attached hydrogens (tertiary/aromatic N) is 1. The van der Waals surface area contributed by atoms with E-state index in [0.717, 1.165) is 30.0 Å². The predicted molar refractivity (Wildman–Crippen MR) is 81.5 cm³/mol. The first-order valence-corrected chi connectivity index (χ1v) is 8.05. The average Bonchev–Trinajstić information content (AvgIpc) is 2.90. The second-order valence-corrected chi connectivity index (χ2v) is 5.86. The maximum atomic E-state index is 13.0. The van der Waals surface area contributed by atoms with Gasteiger partial charge in [-0.05, 0) is 31.4 Å². The molecule has 0 saturated heterocycles. The molecule has 0 spiro atoms. The first-order valence-electron chi connectivity index (χ1n) is 6.26. The highest BCUT2D eigenvalue weighted by molar-refractivity contribution is 7.09. The highest BCUT2D eigenvalue weighted by Gasteiger charge is 2.03. The van der Waals surface area contributed by atoms with Crippen molar-refractivity contribution in [3.8, 4) is 5.75 Å². The minimum Gasteiger partial charge on any atom is -0.494 e. The highest BCUT2D eigenvalue weighted by atomic mass is 35.5. The number of aromatic nitrogens is 1. The molecule has 2 nitrogen and oxygen atoms in total. The predicted octanol–water partition coefficient (Wildman–Crippen LogP) is 5.08. The minimum atomic E-state index is -0.433. The third-order valence-corrected chi connectivity index (χ3v) is 4.20. The molecule has 0 fully saturated rings. The number of unbranched alkanes of at least 4 members (excludes halogenated alkanes) is 1. The Morgan fingerprint density at radius 3 is 2.85 bits per heavy atom. The summed E-state index contributed by atoms with van der Waals surface area (Å²) in [7, 11) is 0. The molecule has 2 aromatic rings. The number of aryl methyl sites for hydroxylation is 1. The molecule has 0 aliphatic carbocycles. The third-order valence-electron chi connectivity index (χ3n) is 2.68. The van der Waals surface area contributed by atoms with Crippen molar-refractivity contribution in [1.29, 1.82) is 0 Å². The zero-order valence-corrected chi connectivity index (χ0v) is 13.1. The van der Waals surface area contributed by atoms with Crippen molar-refractivity contribution in [2.24, 2.45) is 0 Å². The van der Waals surface area contributed by atoms with E-state index in [-0.39, 0.29) is 5.02 Å². The van der Waals surface area contributed by atoms with Gasteiger partial charge in [0.05, 0.1) is 28.2 Å². The molecule has 1 heterocycles. The van der Waals surface area contributed by atoms with Crippen molar-refractivity contribution < 1.29 is 9.13 Å². The van der Waals surface area contributed by atoms with Crippen LogP contribution in [-0.4, -0.2) is 11.6 Å². The molecule has 0 aliphatic heterocycles. The van der Waals surface area contributed by atoms with Gasteiger partial charge in [0.15, 0.2) is 0 Å². The van der Waals surface area contributed by atoms with Crippen LogP contribution in [0.25, 0.3) is 0 Å². The number of hydrogen-bond acceptors (Lipinski definition) is 3. The Bertz CT molecular complexity index is 562. The normalized spacial score (nSPS) is 10.8. The molecule has 6 heteroatoms. The van der Waals surface area contributed by atoms with E-state index in [4.69, 9.17) is 27.9 Å². The topological polar surface area (TPSA) is 22.1 Å². The number of ether oxygens (including phenoxy) is 1. The number of hydrogen-bond donors (Lipinski definition) is 0. The highest BCUT2D eigenvalue weighted by Crippen LogP contribution is 2.21. The van der Waals surface area contributed by atoms with Crippen molar-refractivity contribution in [1.82, 2.24) is 4.98 Å². The monoisotopic (exact) mass is 333 g/mol. The Morgan fingerprint density at radius 2 is 2.15 bits per heavy atom. The Balaban J connectivity index is 1.67. The van der Waals surface area contributed by atoms with Crippen molar-refractivity contribution >= 4 is 34.5 Å². The van der Waals surface area contributed by atoms with Crippen LogP contribution in [-0.2, 0) is 12.3 Å². The Kier molecular flexibility index (Phi) is 6.07. The van der Waals surface area contributed by atoms with Gasteiger partial charge in [-0.25, -0.2) is 9.37 Å². The summed E-state index contributed by atoms with van der Waals surface area (Å²) in [6.07, 6.45) is 2.82. The van der Waals surface area contributed by atoms with E-state index >= 15 is 0 Å². The van der Waals surface area contributed by atoms with E-state index in [0.29, 0.717) is 18.2 Å². The van der Waals surface area contributed by atoms with Crippen molar-refractivity contribution in [2.45, 2.75) is 25.1 Å². The summed E-state index contributed by atoms with van der Waals surface area (Å²) in [5.41, 5.74) is 0.934. The van der Waals surface area contributed by atoms with Gasteiger partial charge in [-0.15, -0.1) is 22.9 Å². The summed E-state index contributed by atoms with van der Waals surface area (Å²) in [4.78, 5) is 4.39. The smallest absolute Gasteiger partial charge is 0.142 e. The zero-order valence-electron chi connectivity index (χ0n) is 10.7. The van der Waals surface area contributed by atoms with Gasteiger partial charge in [-0.1, -0.05) is 11.6 Å². The van der Waals surface area contributed by atoms with E-state index in [1.807, 2.05) is 5.38 Å². The van der Waals surface area contributed by atoms with Crippen LogP contribution in [0.2, 0.25) is 5.02 Å². The zero-order chi connectivity index (χ0) is 14.4. The lowest BCUT2D eigenvalue weighted by Crippen LogP contribution is -1.98. The van der Waals surface area contributed by atoms with Gasteiger partial charge in [0.25, 0.3) is 0 Å². The lowest BCUT2D eigenvalue weighted by molar-refractivity contribution is 0.306. The van der Waals surface area contributed by atoms with Crippen LogP contribution in [0.15, 0.2) is 23.6 Å².